The van der Waals surface area contributed by atoms with Crippen LogP contribution in [0.4, 0.5) is 8.78 Å². The molecule has 5 heteroatoms. The minimum atomic E-state index is -2.80. The summed E-state index contributed by atoms with van der Waals surface area (Å²) in [5, 5.41) is 0. The lowest BCUT2D eigenvalue weighted by Gasteiger charge is -2.26. The molecule has 0 amide bonds. The standard InChI is InChI=1S/C15H22F2N2O/c16-15(17)20-13-9-5-8-12(10-13)14(19-18)11-6-3-1-2-4-7-11/h5,8-11,14-15,19H,1-4,6-7,18H2. The van der Waals surface area contributed by atoms with Crippen molar-refractivity contribution in [2.24, 2.45) is 11.8 Å². The van der Waals surface area contributed by atoms with E-state index >= 15 is 0 Å². The molecular formula is C15H22F2N2O. The van der Waals surface area contributed by atoms with Gasteiger partial charge < -0.3 is 4.74 Å². The molecule has 1 aliphatic rings. The van der Waals surface area contributed by atoms with E-state index in [1.165, 1.54) is 31.7 Å². The summed E-state index contributed by atoms with van der Waals surface area (Å²) < 4.78 is 29.0. The smallest absolute Gasteiger partial charge is 0.387 e. The largest absolute Gasteiger partial charge is 0.435 e. The molecule has 20 heavy (non-hydrogen) atoms. The molecule has 0 bridgehead atoms. The Bertz CT molecular complexity index is 407. The van der Waals surface area contributed by atoms with Crippen molar-refractivity contribution < 1.29 is 13.5 Å². The molecule has 1 saturated carbocycles. The normalized spacial score (nSPS) is 18.8. The Morgan fingerprint density at radius 1 is 1.15 bits per heavy atom. The lowest BCUT2D eigenvalue weighted by atomic mass is 9.87. The van der Waals surface area contributed by atoms with Gasteiger partial charge in [0.25, 0.3) is 0 Å². The molecule has 0 spiro atoms. The topological polar surface area (TPSA) is 47.3 Å². The lowest BCUT2D eigenvalue weighted by molar-refractivity contribution is -0.0499. The van der Waals surface area contributed by atoms with Gasteiger partial charge >= 0.3 is 6.61 Å². The third kappa shape index (κ3) is 4.15. The first-order valence-electron chi connectivity index (χ1n) is 7.21. The predicted molar refractivity (Wildman–Crippen MR) is 74.3 cm³/mol. The van der Waals surface area contributed by atoms with Gasteiger partial charge in [-0.3, -0.25) is 11.3 Å². The quantitative estimate of drug-likeness (QED) is 0.491. The van der Waals surface area contributed by atoms with Crippen molar-refractivity contribution in [3.63, 3.8) is 0 Å². The Morgan fingerprint density at radius 3 is 2.45 bits per heavy atom. The van der Waals surface area contributed by atoms with Crippen LogP contribution in [-0.2, 0) is 0 Å². The second kappa shape index (κ2) is 7.55. The molecule has 0 aromatic heterocycles. The Kier molecular flexibility index (Phi) is 5.73. The maximum absolute atomic E-state index is 12.3. The molecule has 3 nitrogen and oxygen atoms in total. The molecule has 1 fully saturated rings. The summed E-state index contributed by atoms with van der Waals surface area (Å²) in [6.07, 6.45) is 7.18. The van der Waals surface area contributed by atoms with E-state index < -0.39 is 6.61 Å². The SMILES string of the molecule is NNC(c1cccc(OC(F)F)c1)C1CCCCCC1. The number of hydrogen-bond donors (Lipinski definition) is 2. The zero-order valence-electron chi connectivity index (χ0n) is 11.5. The molecule has 1 unspecified atom stereocenters. The highest BCUT2D eigenvalue weighted by atomic mass is 19.3. The number of benzene rings is 1. The van der Waals surface area contributed by atoms with Gasteiger partial charge in [0.2, 0.25) is 0 Å². The van der Waals surface area contributed by atoms with Crippen molar-refractivity contribution >= 4 is 0 Å². The summed E-state index contributed by atoms with van der Waals surface area (Å²) in [7, 11) is 0. The van der Waals surface area contributed by atoms with E-state index in [-0.39, 0.29) is 11.8 Å². The maximum Gasteiger partial charge on any atom is 0.387 e. The van der Waals surface area contributed by atoms with Crippen molar-refractivity contribution in [3.05, 3.63) is 29.8 Å². The number of nitrogens with one attached hydrogen (secondary N) is 1. The fraction of sp³-hybridized carbons (Fsp3) is 0.600. The van der Waals surface area contributed by atoms with Crippen LogP contribution in [0.25, 0.3) is 0 Å². The van der Waals surface area contributed by atoms with Crippen molar-refractivity contribution in [1.82, 2.24) is 5.43 Å². The molecule has 1 aromatic carbocycles. The van der Waals surface area contributed by atoms with E-state index in [4.69, 9.17) is 5.84 Å². The molecule has 2 rings (SSSR count). The lowest BCUT2D eigenvalue weighted by Crippen LogP contribution is -2.33. The van der Waals surface area contributed by atoms with Crippen LogP contribution in [0.2, 0.25) is 0 Å². The van der Waals surface area contributed by atoms with Gasteiger partial charge in [0.1, 0.15) is 5.75 Å². The Labute approximate surface area is 118 Å². The summed E-state index contributed by atoms with van der Waals surface area (Å²) >= 11 is 0. The van der Waals surface area contributed by atoms with Gasteiger partial charge in [-0.2, -0.15) is 8.78 Å². The second-order valence-corrected chi connectivity index (χ2v) is 5.35. The number of nitrogens with two attached hydrogens (primary N) is 1. The Morgan fingerprint density at radius 2 is 1.85 bits per heavy atom. The van der Waals surface area contributed by atoms with Crippen molar-refractivity contribution in [1.29, 1.82) is 0 Å². The summed E-state index contributed by atoms with van der Waals surface area (Å²) in [4.78, 5) is 0. The van der Waals surface area contributed by atoms with E-state index in [9.17, 15) is 8.78 Å². The first-order valence-corrected chi connectivity index (χ1v) is 7.21. The first kappa shape index (κ1) is 15.2. The van der Waals surface area contributed by atoms with E-state index in [0.717, 1.165) is 18.4 Å². The van der Waals surface area contributed by atoms with Gasteiger partial charge in [-0.1, -0.05) is 37.8 Å². The average Bonchev–Trinajstić information content (AvgIpc) is 2.68. The molecule has 0 heterocycles. The molecule has 0 radical (unpaired) electrons. The van der Waals surface area contributed by atoms with Crippen molar-refractivity contribution in [3.8, 4) is 5.75 Å². The van der Waals surface area contributed by atoms with Crippen LogP contribution in [0, 0.1) is 5.92 Å². The number of ether oxygens (including phenoxy) is 1. The highest BCUT2D eigenvalue weighted by Gasteiger charge is 2.23. The fourth-order valence-corrected chi connectivity index (χ4v) is 3.03. The van der Waals surface area contributed by atoms with Crippen molar-refractivity contribution in [2.75, 3.05) is 0 Å². The summed E-state index contributed by atoms with van der Waals surface area (Å²) in [5.41, 5.74) is 3.77. The van der Waals surface area contributed by atoms with E-state index in [0.29, 0.717) is 5.92 Å². The summed E-state index contributed by atoms with van der Waals surface area (Å²) in [5.74, 6) is 6.33. The number of rotatable bonds is 5. The zero-order chi connectivity index (χ0) is 14.4. The van der Waals surface area contributed by atoms with Crippen LogP contribution >= 0.6 is 0 Å². The van der Waals surface area contributed by atoms with E-state index in [1.54, 1.807) is 12.1 Å². The number of hydrazine groups is 1. The van der Waals surface area contributed by atoms with Gasteiger partial charge in [-0.05, 0) is 36.5 Å². The highest BCUT2D eigenvalue weighted by molar-refractivity contribution is 5.31. The molecule has 112 valence electrons. The number of alkyl halides is 2. The first-order chi connectivity index (χ1) is 9.70. The van der Waals surface area contributed by atoms with Crippen LogP contribution in [0.5, 0.6) is 5.75 Å². The second-order valence-electron chi connectivity index (χ2n) is 5.35. The molecule has 0 saturated heterocycles. The Hall–Kier alpha value is -1.20. The molecule has 1 atom stereocenters. The van der Waals surface area contributed by atoms with E-state index in [2.05, 4.69) is 10.2 Å². The molecule has 3 N–H and O–H groups in total. The average molecular weight is 284 g/mol. The fourth-order valence-electron chi connectivity index (χ4n) is 3.03. The number of halogens is 2. The summed E-state index contributed by atoms with van der Waals surface area (Å²) in [6.45, 7) is -2.80. The van der Waals surface area contributed by atoms with Crippen LogP contribution in [-0.4, -0.2) is 6.61 Å². The van der Waals surface area contributed by atoms with Crippen molar-refractivity contribution in [2.45, 2.75) is 51.2 Å². The molecule has 1 aromatic rings. The summed E-state index contributed by atoms with van der Waals surface area (Å²) in [6, 6.07) is 6.83. The monoisotopic (exact) mass is 284 g/mol. The van der Waals surface area contributed by atoms with E-state index in [1.807, 2.05) is 6.07 Å². The number of hydrogen-bond acceptors (Lipinski definition) is 3. The van der Waals surface area contributed by atoms with Gasteiger partial charge in [-0.15, -0.1) is 0 Å². The molecule has 1 aliphatic carbocycles. The zero-order valence-corrected chi connectivity index (χ0v) is 11.5. The van der Waals surface area contributed by atoms with Gasteiger partial charge in [-0.25, -0.2) is 0 Å². The van der Waals surface area contributed by atoms with Gasteiger partial charge in [0.15, 0.2) is 0 Å². The Balaban J connectivity index is 2.13. The minimum absolute atomic E-state index is 0.00526. The molecule has 0 aliphatic heterocycles. The van der Waals surface area contributed by atoms with Gasteiger partial charge in [0, 0.05) is 6.04 Å². The molecular weight excluding hydrogens is 262 g/mol. The van der Waals surface area contributed by atoms with Crippen LogP contribution in [0.1, 0.15) is 50.1 Å². The van der Waals surface area contributed by atoms with Gasteiger partial charge in [0.05, 0.1) is 0 Å². The minimum Gasteiger partial charge on any atom is -0.435 e. The third-order valence-corrected chi connectivity index (χ3v) is 3.99. The predicted octanol–water partition coefficient (Wildman–Crippen LogP) is 3.76. The van der Waals surface area contributed by atoms with Crippen LogP contribution < -0.4 is 16.0 Å². The maximum atomic E-state index is 12.3. The third-order valence-electron chi connectivity index (χ3n) is 3.99. The van der Waals surface area contributed by atoms with Crippen LogP contribution in [0.15, 0.2) is 24.3 Å². The van der Waals surface area contributed by atoms with Crippen LogP contribution in [0.3, 0.4) is 0 Å². The highest BCUT2D eigenvalue weighted by Crippen LogP contribution is 2.34.